The van der Waals surface area contributed by atoms with E-state index in [9.17, 15) is 9.90 Å². The van der Waals surface area contributed by atoms with Crippen LogP contribution in [0.5, 0.6) is 0 Å². The fraction of sp³-hybridized carbons (Fsp3) is 0.875. The first-order valence-electron chi connectivity index (χ1n) is 4.17. The molecule has 4 atom stereocenters. The van der Waals surface area contributed by atoms with Crippen LogP contribution >= 0.6 is 0 Å². The Labute approximate surface area is 82.1 Å². The van der Waals surface area contributed by atoms with E-state index in [1.165, 1.54) is 14.0 Å². The fourth-order valence-electron chi connectivity index (χ4n) is 0.797. The van der Waals surface area contributed by atoms with Gasteiger partial charge in [-0.1, -0.05) is 0 Å². The lowest BCUT2D eigenvalue weighted by Crippen LogP contribution is -2.43. The van der Waals surface area contributed by atoms with Gasteiger partial charge >= 0.3 is 0 Å². The third-order valence-corrected chi connectivity index (χ3v) is 1.73. The third kappa shape index (κ3) is 4.12. The van der Waals surface area contributed by atoms with Gasteiger partial charge in [-0.3, -0.25) is 0 Å². The molecule has 0 aromatic carbocycles. The summed E-state index contributed by atoms with van der Waals surface area (Å²) in [5, 5.41) is 26.9. The van der Waals surface area contributed by atoms with Crippen molar-refractivity contribution < 1.29 is 29.6 Å². The molecule has 0 aliphatic carbocycles. The number of carbonyl (C=O) groups is 1. The van der Waals surface area contributed by atoms with E-state index in [2.05, 4.69) is 0 Å². The molecule has 0 amide bonds. The number of aliphatic hydroxyl groups is 3. The Hall–Kier alpha value is -0.530. The minimum absolute atomic E-state index is 0.346. The zero-order valence-electron chi connectivity index (χ0n) is 8.16. The van der Waals surface area contributed by atoms with Gasteiger partial charge in [0.05, 0.1) is 6.61 Å². The first-order chi connectivity index (χ1) is 6.56. The average molecular weight is 208 g/mol. The van der Waals surface area contributed by atoms with E-state index < -0.39 is 31.2 Å². The summed E-state index contributed by atoms with van der Waals surface area (Å²) in [6.07, 6.45) is -4.42. The quantitative estimate of drug-likeness (QED) is 0.340. The SMILES string of the molecule is COC(C)O[C@@H](C=O)[C@H](O)[C@H](O)CO. The van der Waals surface area contributed by atoms with Crippen LogP contribution in [0.15, 0.2) is 0 Å². The molecule has 0 spiro atoms. The molecule has 0 aliphatic heterocycles. The van der Waals surface area contributed by atoms with Crippen LogP contribution in [-0.2, 0) is 14.3 Å². The summed E-state index contributed by atoms with van der Waals surface area (Å²) in [4.78, 5) is 10.5. The Balaban J connectivity index is 4.18. The van der Waals surface area contributed by atoms with Crippen molar-refractivity contribution in [1.29, 1.82) is 0 Å². The highest BCUT2D eigenvalue weighted by Gasteiger charge is 2.27. The maximum absolute atomic E-state index is 10.5. The Bertz CT molecular complexity index is 162. The molecule has 0 aromatic heterocycles. The predicted octanol–water partition coefficient (Wildman–Crippen LogP) is -1.72. The van der Waals surface area contributed by atoms with E-state index in [4.69, 9.17) is 19.7 Å². The number of hydrogen-bond acceptors (Lipinski definition) is 6. The maximum Gasteiger partial charge on any atom is 0.155 e. The Morgan fingerprint density at radius 1 is 1.43 bits per heavy atom. The average Bonchev–Trinajstić information content (AvgIpc) is 2.23. The van der Waals surface area contributed by atoms with Gasteiger partial charge in [0.15, 0.2) is 12.6 Å². The van der Waals surface area contributed by atoms with E-state index in [-0.39, 0.29) is 0 Å². The smallest absolute Gasteiger partial charge is 0.155 e. The van der Waals surface area contributed by atoms with Crippen LogP contribution in [0.4, 0.5) is 0 Å². The molecular formula is C8H16O6. The van der Waals surface area contributed by atoms with Crippen LogP contribution < -0.4 is 0 Å². The van der Waals surface area contributed by atoms with Crippen molar-refractivity contribution in [2.75, 3.05) is 13.7 Å². The van der Waals surface area contributed by atoms with Gasteiger partial charge < -0.3 is 29.6 Å². The molecule has 0 aliphatic rings. The van der Waals surface area contributed by atoms with Gasteiger partial charge in [0.2, 0.25) is 0 Å². The molecule has 0 saturated heterocycles. The molecule has 0 bridgehead atoms. The van der Waals surface area contributed by atoms with Crippen molar-refractivity contribution in [2.45, 2.75) is 31.5 Å². The van der Waals surface area contributed by atoms with Gasteiger partial charge in [-0.15, -0.1) is 0 Å². The van der Waals surface area contributed by atoms with Crippen molar-refractivity contribution in [2.24, 2.45) is 0 Å². The lowest BCUT2D eigenvalue weighted by atomic mass is 10.1. The van der Waals surface area contributed by atoms with Crippen LogP contribution in [-0.4, -0.2) is 59.9 Å². The van der Waals surface area contributed by atoms with Crippen molar-refractivity contribution in [1.82, 2.24) is 0 Å². The van der Waals surface area contributed by atoms with Crippen molar-refractivity contribution >= 4 is 6.29 Å². The lowest BCUT2D eigenvalue weighted by molar-refractivity contribution is -0.185. The molecule has 0 fully saturated rings. The first-order valence-corrected chi connectivity index (χ1v) is 4.17. The molecule has 6 heteroatoms. The number of rotatable bonds is 7. The molecule has 0 saturated carbocycles. The van der Waals surface area contributed by atoms with E-state index in [1.54, 1.807) is 0 Å². The van der Waals surface area contributed by atoms with E-state index >= 15 is 0 Å². The molecule has 0 rings (SSSR count). The highest BCUT2D eigenvalue weighted by atomic mass is 16.7. The Kier molecular flexibility index (Phi) is 6.60. The summed E-state index contributed by atoms with van der Waals surface area (Å²) >= 11 is 0. The van der Waals surface area contributed by atoms with Crippen molar-refractivity contribution in [3.8, 4) is 0 Å². The molecule has 0 radical (unpaired) electrons. The second-order valence-corrected chi connectivity index (χ2v) is 2.78. The minimum atomic E-state index is -1.46. The highest BCUT2D eigenvalue weighted by molar-refractivity contribution is 5.57. The molecule has 14 heavy (non-hydrogen) atoms. The lowest BCUT2D eigenvalue weighted by Gasteiger charge is -2.24. The number of carbonyl (C=O) groups excluding carboxylic acids is 1. The summed E-state index contributed by atoms with van der Waals surface area (Å²) in [6.45, 7) is 0.894. The van der Waals surface area contributed by atoms with Gasteiger partial charge in [0.1, 0.15) is 18.3 Å². The molecule has 3 N–H and O–H groups in total. The minimum Gasteiger partial charge on any atom is -0.394 e. The topological polar surface area (TPSA) is 96.2 Å². The maximum atomic E-state index is 10.5. The highest BCUT2D eigenvalue weighted by Crippen LogP contribution is 2.05. The summed E-state index contributed by atoms with van der Waals surface area (Å²) in [7, 11) is 1.38. The standard InChI is InChI=1S/C8H16O6/c1-5(13-2)14-7(4-10)8(12)6(11)3-9/h4-9,11-12H,3H2,1-2H3/t5?,6-,7+,8-/m1/s1. The second-order valence-electron chi connectivity index (χ2n) is 2.78. The number of hydrogen-bond donors (Lipinski definition) is 3. The van der Waals surface area contributed by atoms with Gasteiger partial charge in [-0.2, -0.15) is 0 Å². The van der Waals surface area contributed by atoms with Crippen molar-refractivity contribution in [3.63, 3.8) is 0 Å². The van der Waals surface area contributed by atoms with Crippen molar-refractivity contribution in [3.05, 3.63) is 0 Å². The fourth-order valence-corrected chi connectivity index (χ4v) is 0.797. The van der Waals surface area contributed by atoms with Gasteiger partial charge in [0.25, 0.3) is 0 Å². The molecule has 6 nitrogen and oxygen atoms in total. The van der Waals surface area contributed by atoms with E-state index in [0.717, 1.165) is 0 Å². The van der Waals surface area contributed by atoms with Crippen LogP contribution in [0, 0.1) is 0 Å². The number of methoxy groups -OCH3 is 1. The molecular weight excluding hydrogens is 192 g/mol. The van der Waals surface area contributed by atoms with Gasteiger partial charge in [0, 0.05) is 7.11 Å². The second kappa shape index (κ2) is 6.86. The number of ether oxygens (including phenoxy) is 2. The third-order valence-electron chi connectivity index (χ3n) is 1.73. The first kappa shape index (κ1) is 13.5. The summed E-state index contributed by atoms with van der Waals surface area (Å²) in [5.74, 6) is 0. The van der Waals surface area contributed by atoms with Crippen LogP contribution in [0.2, 0.25) is 0 Å². The zero-order chi connectivity index (χ0) is 11.1. The number of aldehydes is 1. The summed E-state index contributed by atoms with van der Waals surface area (Å²) < 4.78 is 9.63. The van der Waals surface area contributed by atoms with Crippen LogP contribution in [0.25, 0.3) is 0 Å². The van der Waals surface area contributed by atoms with Gasteiger partial charge in [-0.05, 0) is 6.92 Å². The van der Waals surface area contributed by atoms with E-state index in [0.29, 0.717) is 6.29 Å². The summed E-state index contributed by atoms with van der Waals surface area (Å²) in [5.41, 5.74) is 0. The monoisotopic (exact) mass is 208 g/mol. The molecule has 1 unspecified atom stereocenters. The zero-order valence-corrected chi connectivity index (χ0v) is 8.16. The molecule has 0 heterocycles. The Morgan fingerprint density at radius 3 is 2.36 bits per heavy atom. The molecule has 0 aromatic rings. The van der Waals surface area contributed by atoms with Gasteiger partial charge in [-0.25, -0.2) is 0 Å². The summed E-state index contributed by atoms with van der Waals surface area (Å²) in [6, 6.07) is 0. The largest absolute Gasteiger partial charge is 0.394 e. The normalized spacial score (nSPS) is 19.8. The van der Waals surface area contributed by atoms with E-state index in [1.807, 2.05) is 0 Å². The number of aliphatic hydroxyl groups excluding tert-OH is 3. The van der Waals surface area contributed by atoms with Crippen LogP contribution in [0.1, 0.15) is 6.92 Å². The predicted molar refractivity (Wildman–Crippen MR) is 46.5 cm³/mol. The molecule has 84 valence electrons. The van der Waals surface area contributed by atoms with Crippen LogP contribution in [0.3, 0.4) is 0 Å². The Morgan fingerprint density at radius 2 is 2.00 bits per heavy atom.